The van der Waals surface area contributed by atoms with Gasteiger partial charge in [0.15, 0.2) is 0 Å². The molecule has 1 saturated carbocycles. The Morgan fingerprint density at radius 3 is 2.74 bits per heavy atom. The van der Waals surface area contributed by atoms with E-state index < -0.39 is 6.10 Å². The maximum Gasteiger partial charge on any atom is 0.137 e. The maximum atomic E-state index is 10.9. The molecular formula is C23H25N7O. The van der Waals surface area contributed by atoms with Gasteiger partial charge in [-0.25, -0.2) is 9.67 Å². The number of H-pyrrole nitrogens is 1. The van der Waals surface area contributed by atoms with Gasteiger partial charge in [-0.1, -0.05) is 11.3 Å². The second kappa shape index (κ2) is 7.55. The monoisotopic (exact) mass is 415 g/mol. The van der Waals surface area contributed by atoms with Crippen molar-refractivity contribution in [3.8, 4) is 11.4 Å². The molecule has 1 saturated heterocycles. The van der Waals surface area contributed by atoms with Crippen LogP contribution in [0.4, 0.5) is 0 Å². The van der Waals surface area contributed by atoms with Gasteiger partial charge >= 0.3 is 0 Å². The highest BCUT2D eigenvalue weighted by molar-refractivity contribution is 5.79. The summed E-state index contributed by atoms with van der Waals surface area (Å²) in [7, 11) is 0. The van der Waals surface area contributed by atoms with E-state index in [1.165, 1.54) is 10.9 Å². The summed E-state index contributed by atoms with van der Waals surface area (Å²) in [5.74, 6) is 1.08. The first-order valence-electron chi connectivity index (χ1n) is 10.9. The summed E-state index contributed by atoms with van der Waals surface area (Å²) < 4.78 is 1.85. The first kappa shape index (κ1) is 18.7. The van der Waals surface area contributed by atoms with Crippen LogP contribution in [0.2, 0.25) is 0 Å². The van der Waals surface area contributed by atoms with Crippen LogP contribution in [0.25, 0.3) is 22.4 Å². The van der Waals surface area contributed by atoms with E-state index in [0.29, 0.717) is 11.8 Å². The number of fused-ring (bicyclic) bond motifs is 2. The predicted octanol–water partition coefficient (Wildman–Crippen LogP) is 2.66. The van der Waals surface area contributed by atoms with E-state index in [4.69, 9.17) is 0 Å². The molecule has 0 unspecified atom stereocenters. The first-order chi connectivity index (χ1) is 15.2. The molecule has 1 aliphatic heterocycles. The van der Waals surface area contributed by atoms with Crippen LogP contribution in [-0.4, -0.2) is 59.1 Å². The molecule has 4 aromatic rings. The summed E-state index contributed by atoms with van der Waals surface area (Å²) in [6.07, 6.45) is 8.89. The largest absolute Gasteiger partial charge is 0.391 e. The molecule has 8 nitrogen and oxygen atoms in total. The molecule has 5 heterocycles. The summed E-state index contributed by atoms with van der Waals surface area (Å²) >= 11 is 0. The van der Waals surface area contributed by atoms with Crippen molar-refractivity contribution in [3.63, 3.8) is 0 Å². The van der Waals surface area contributed by atoms with Crippen molar-refractivity contribution < 1.29 is 5.11 Å². The number of likely N-dealkylation sites (tertiary alicyclic amines) is 1. The minimum Gasteiger partial charge on any atom is -0.391 e. The third-order valence-electron chi connectivity index (χ3n) is 6.89. The van der Waals surface area contributed by atoms with E-state index in [1.54, 1.807) is 6.20 Å². The predicted molar refractivity (Wildman–Crippen MR) is 116 cm³/mol. The molecule has 0 bridgehead atoms. The summed E-state index contributed by atoms with van der Waals surface area (Å²) in [5.41, 5.74) is 3.78. The molecule has 4 atom stereocenters. The second-order valence-corrected chi connectivity index (χ2v) is 8.83. The molecule has 2 aliphatic rings. The fourth-order valence-corrected chi connectivity index (χ4v) is 5.37. The van der Waals surface area contributed by atoms with Crippen molar-refractivity contribution >= 4 is 11.0 Å². The Bertz CT molecular complexity index is 1190. The molecule has 31 heavy (non-hydrogen) atoms. The Hall–Kier alpha value is -3.10. The maximum absolute atomic E-state index is 10.9. The average Bonchev–Trinajstić information content (AvgIpc) is 3.52. The lowest BCUT2D eigenvalue weighted by atomic mass is 9.77. The number of rotatable bonds is 4. The van der Waals surface area contributed by atoms with Gasteiger partial charge < -0.3 is 10.1 Å². The number of nitrogens with one attached hydrogen (secondary N) is 1. The number of aromatic nitrogens is 6. The fraction of sp³-hybridized carbons (Fsp3) is 0.391. The zero-order valence-electron chi connectivity index (χ0n) is 17.2. The SMILES string of the molecule is O[C@@H]1C[C@H]2CN(Cc3c[nH]c4ncccc34)C[C@H]2C[C@H]1n1cc(-c2ccccn2)nn1. The van der Waals surface area contributed by atoms with Crippen molar-refractivity contribution in [3.05, 3.63) is 60.7 Å². The van der Waals surface area contributed by atoms with Gasteiger partial charge in [-0.3, -0.25) is 9.88 Å². The summed E-state index contributed by atoms with van der Waals surface area (Å²) in [6, 6.07) is 9.83. The van der Waals surface area contributed by atoms with Crippen LogP contribution in [-0.2, 0) is 6.54 Å². The van der Waals surface area contributed by atoms with Gasteiger partial charge in [-0.15, -0.1) is 5.10 Å². The van der Waals surface area contributed by atoms with Crippen LogP contribution in [0.3, 0.4) is 0 Å². The highest BCUT2D eigenvalue weighted by Crippen LogP contribution is 2.41. The van der Waals surface area contributed by atoms with Crippen molar-refractivity contribution in [2.45, 2.75) is 31.5 Å². The molecule has 1 aliphatic carbocycles. The molecule has 0 amide bonds. The lowest BCUT2D eigenvalue weighted by Crippen LogP contribution is -2.36. The van der Waals surface area contributed by atoms with Crippen LogP contribution in [0.5, 0.6) is 0 Å². The Labute approximate surface area is 179 Å². The average molecular weight is 416 g/mol. The lowest BCUT2D eigenvalue weighted by Gasteiger charge is -2.35. The Balaban J connectivity index is 1.17. The highest BCUT2D eigenvalue weighted by atomic mass is 16.3. The number of pyridine rings is 2. The number of aliphatic hydroxyl groups excluding tert-OH is 1. The number of aromatic amines is 1. The number of hydrogen-bond acceptors (Lipinski definition) is 6. The van der Waals surface area contributed by atoms with Crippen LogP contribution in [0.15, 0.2) is 55.1 Å². The smallest absolute Gasteiger partial charge is 0.137 e. The molecule has 0 radical (unpaired) electrons. The first-order valence-corrected chi connectivity index (χ1v) is 10.9. The number of aliphatic hydroxyl groups is 1. The van der Waals surface area contributed by atoms with Crippen molar-refractivity contribution in [1.29, 1.82) is 0 Å². The summed E-state index contributed by atoms with van der Waals surface area (Å²) in [4.78, 5) is 14.5. The molecule has 8 heteroatoms. The molecule has 6 rings (SSSR count). The van der Waals surface area contributed by atoms with Gasteiger partial charge in [0.1, 0.15) is 11.3 Å². The molecule has 2 N–H and O–H groups in total. The number of nitrogens with zero attached hydrogens (tertiary/aromatic N) is 6. The zero-order chi connectivity index (χ0) is 20.8. The zero-order valence-corrected chi connectivity index (χ0v) is 17.2. The summed E-state index contributed by atoms with van der Waals surface area (Å²) in [6.45, 7) is 2.98. The van der Waals surface area contributed by atoms with Crippen molar-refractivity contribution in [2.24, 2.45) is 11.8 Å². The summed E-state index contributed by atoms with van der Waals surface area (Å²) in [5, 5.41) is 20.7. The van der Waals surface area contributed by atoms with E-state index in [2.05, 4.69) is 42.4 Å². The molecule has 2 fully saturated rings. The van der Waals surface area contributed by atoms with Crippen molar-refractivity contribution in [1.82, 2.24) is 34.8 Å². The van der Waals surface area contributed by atoms with Crippen LogP contribution < -0.4 is 0 Å². The Morgan fingerprint density at radius 2 is 1.87 bits per heavy atom. The van der Waals surface area contributed by atoms with Crippen LogP contribution >= 0.6 is 0 Å². The number of hydrogen-bond donors (Lipinski definition) is 2. The van der Waals surface area contributed by atoms with E-state index in [1.807, 2.05) is 41.3 Å². The molecule has 4 aromatic heterocycles. The van der Waals surface area contributed by atoms with Gasteiger partial charge in [-0.05, 0) is 54.5 Å². The van der Waals surface area contributed by atoms with Gasteiger partial charge in [0.05, 0.1) is 24.0 Å². The fourth-order valence-electron chi connectivity index (χ4n) is 5.37. The molecule has 0 spiro atoms. The minimum atomic E-state index is -0.406. The van der Waals surface area contributed by atoms with Gasteiger partial charge in [0, 0.05) is 43.6 Å². The Morgan fingerprint density at radius 1 is 1.00 bits per heavy atom. The van der Waals surface area contributed by atoms with Gasteiger partial charge in [0.2, 0.25) is 0 Å². The minimum absolute atomic E-state index is 0.0385. The second-order valence-electron chi connectivity index (χ2n) is 8.83. The van der Waals surface area contributed by atoms with E-state index in [9.17, 15) is 5.11 Å². The van der Waals surface area contributed by atoms with Crippen LogP contribution in [0.1, 0.15) is 24.4 Å². The topological polar surface area (TPSA) is 95.8 Å². The molecule has 158 valence electrons. The quantitative estimate of drug-likeness (QED) is 0.532. The lowest BCUT2D eigenvalue weighted by molar-refractivity contribution is 0.0298. The van der Waals surface area contributed by atoms with E-state index >= 15 is 0 Å². The normalized spacial score (nSPS) is 26.4. The molecular weight excluding hydrogens is 390 g/mol. The third-order valence-corrected chi connectivity index (χ3v) is 6.89. The van der Waals surface area contributed by atoms with Gasteiger partial charge in [-0.2, -0.15) is 0 Å². The van der Waals surface area contributed by atoms with Crippen molar-refractivity contribution in [2.75, 3.05) is 13.1 Å². The van der Waals surface area contributed by atoms with E-state index in [0.717, 1.165) is 49.5 Å². The molecule has 0 aromatic carbocycles. The standard InChI is InChI=1S/C23H25N7O/c31-22-9-16-12-29(13-17-10-26-23-18(17)4-3-7-25-23)11-15(16)8-21(22)30-14-20(27-28-30)19-5-1-2-6-24-19/h1-7,10,14-16,21-22,31H,8-9,11-13H2,(H,25,26)/t15-,16+,21-,22-/m1/s1. The third kappa shape index (κ3) is 3.41. The van der Waals surface area contributed by atoms with E-state index in [-0.39, 0.29) is 6.04 Å². The Kier molecular flexibility index (Phi) is 4.54. The van der Waals surface area contributed by atoms with Gasteiger partial charge in [0.25, 0.3) is 0 Å². The van der Waals surface area contributed by atoms with Crippen LogP contribution in [0, 0.1) is 11.8 Å². The highest BCUT2D eigenvalue weighted by Gasteiger charge is 2.42.